The number of carbonyl (C=O) groups excluding carboxylic acids is 2. The maximum absolute atomic E-state index is 13.4. The molecule has 0 aliphatic carbocycles. The van der Waals surface area contributed by atoms with Gasteiger partial charge in [-0.15, -0.1) is 0 Å². The number of nitrogens with one attached hydrogen (secondary N) is 2. The molecule has 0 bridgehead atoms. The number of amides is 2. The lowest BCUT2D eigenvalue weighted by molar-refractivity contribution is -0.134. The van der Waals surface area contributed by atoms with E-state index in [1.165, 1.54) is 16.4 Å². The Kier molecular flexibility index (Phi) is 6.53. The van der Waals surface area contributed by atoms with Gasteiger partial charge in [-0.25, -0.2) is 12.8 Å². The molecule has 0 saturated carbocycles. The fourth-order valence-corrected chi connectivity index (χ4v) is 4.26. The third kappa shape index (κ3) is 5.54. The Morgan fingerprint density at radius 1 is 1.17 bits per heavy atom. The number of halogens is 1. The van der Waals surface area contributed by atoms with E-state index in [9.17, 15) is 22.4 Å². The monoisotopic (exact) mass is 424 g/mol. The van der Waals surface area contributed by atoms with Crippen molar-refractivity contribution in [2.45, 2.75) is 19.3 Å². The van der Waals surface area contributed by atoms with Crippen LogP contribution in [0.15, 0.2) is 24.4 Å². The highest BCUT2D eigenvalue weighted by molar-refractivity contribution is 7.88. The number of aromatic amines is 1. The van der Waals surface area contributed by atoms with Crippen molar-refractivity contribution in [2.75, 3.05) is 39.0 Å². The number of aromatic nitrogens is 1. The molecule has 1 aromatic heterocycles. The number of piperazine rings is 1. The lowest BCUT2D eigenvalue weighted by Gasteiger charge is -2.33. The predicted octanol–water partition coefficient (Wildman–Crippen LogP) is 0.850. The molecular weight excluding hydrogens is 399 g/mol. The Hall–Kier alpha value is -2.46. The van der Waals surface area contributed by atoms with Crippen LogP contribution in [0.4, 0.5) is 4.39 Å². The molecule has 0 unspecified atom stereocenters. The molecular formula is C19H25FN4O4S. The van der Waals surface area contributed by atoms with Gasteiger partial charge in [0.05, 0.1) is 6.26 Å². The Labute approximate surface area is 169 Å². The molecule has 2 heterocycles. The Morgan fingerprint density at radius 3 is 2.59 bits per heavy atom. The summed E-state index contributed by atoms with van der Waals surface area (Å²) in [6, 6.07) is 4.53. The standard InChI is InChI=1S/C19H25FN4O4S/c1-29(27,28)24-10-8-23(9-11-24)19(26)5-4-18(25)21-7-6-14-13-22-17-3-2-15(20)12-16(14)17/h2-3,12-13,22H,4-11H2,1H3,(H,21,25). The van der Waals surface area contributed by atoms with E-state index in [1.807, 2.05) is 0 Å². The number of nitrogens with zero attached hydrogens (tertiary/aromatic N) is 2. The van der Waals surface area contributed by atoms with Gasteiger partial charge in [0.25, 0.3) is 0 Å². The van der Waals surface area contributed by atoms with E-state index in [1.54, 1.807) is 17.2 Å². The molecule has 1 saturated heterocycles. The first-order valence-corrected chi connectivity index (χ1v) is 11.3. The first-order valence-electron chi connectivity index (χ1n) is 9.49. The third-order valence-corrected chi connectivity index (χ3v) is 6.38. The summed E-state index contributed by atoms with van der Waals surface area (Å²) in [5.74, 6) is -0.683. The van der Waals surface area contributed by atoms with Gasteiger partial charge in [0, 0.05) is 62.7 Å². The van der Waals surface area contributed by atoms with E-state index in [0.717, 1.165) is 22.7 Å². The molecule has 2 N–H and O–H groups in total. The molecule has 158 valence electrons. The number of rotatable bonds is 7. The zero-order chi connectivity index (χ0) is 21.0. The van der Waals surface area contributed by atoms with Gasteiger partial charge in [-0.2, -0.15) is 4.31 Å². The van der Waals surface area contributed by atoms with Crippen molar-refractivity contribution in [3.63, 3.8) is 0 Å². The summed E-state index contributed by atoms with van der Waals surface area (Å²) in [6.07, 6.45) is 3.67. The SMILES string of the molecule is CS(=O)(=O)N1CCN(C(=O)CCC(=O)NCCc2c[nH]c3ccc(F)cc23)CC1. The highest BCUT2D eigenvalue weighted by Gasteiger charge is 2.26. The zero-order valence-electron chi connectivity index (χ0n) is 16.3. The van der Waals surface area contributed by atoms with Crippen molar-refractivity contribution >= 4 is 32.7 Å². The summed E-state index contributed by atoms with van der Waals surface area (Å²) in [4.78, 5) is 28.9. The maximum atomic E-state index is 13.4. The molecule has 1 aliphatic heterocycles. The van der Waals surface area contributed by atoms with Crippen LogP contribution in [-0.4, -0.2) is 73.4 Å². The van der Waals surface area contributed by atoms with Crippen LogP contribution in [0.25, 0.3) is 10.9 Å². The summed E-state index contributed by atoms with van der Waals surface area (Å²) in [5.41, 5.74) is 1.76. The lowest BCUT2D eigenvalue weighted by atomic mass is 10.1. The second-order valence-electron chi connectivity index (χ2n) is 7.15. The quantitative estimate of drug-likeness (QED) is 0.688. The van der Waals surface area contributed by atoms with Crippen molar-refractivity contribution in [1.29, 1.82) is 0 Å². The smallest absolute Gasteiger partial charge is 0.223 e. The minimum absolute atomic E-state index is 0.0770. The van der Waals surface area contributed by atoms with Crippen molar-refractivity contribution < 1.29 is 22.4 Å². The number of carbonyl (C=O) groups is 2. The second kappa shape index (κ2) is 8.91. The number of hydrogen-bond acceptors (Lipinski definition) is 4. The van der Waals surface area contributed by atoms with Crippen LogP contribution in [0, 0.1) is 5.82 Å². The van der Waals surface area contributed by atoms with E-state index in [2.05, 4.69) is 10.3 Å². The molecule has 0 radical (unpaired) electrons. The van der Waals surface area contributed by atoms with Gasteiger partial charge in [0.15, 0.2) is 0 Å². The van der Waals surface area contributed by atoms with Crippen LogP contribution in [0.3, 0.4) is 0 Å². The molecule has 1 aromatic carbocycles. The Balaban J connectivity index is 1.39. The summed E-state index contributed by atoms with van der Waals surface area (Å²) in [5, 5.41) is 3.57. The molecule has 2 amide bonds. The van der Waals surface area contributed by atoms with Gasteiger partial charge < -0.3 is 15.2 Å². The Bertz CT molecular complexity index is 997. The molecule has 1 fully saturated rings. The average Bonchev–Trinajstić information content (AvgIpc) is 3.07. The van der Waals surface area contributed by atoms with Crippen LogP contribution in [0.1, 0.15) is 18.4 Å². The van der Waals surface area contributed by atoms with E-state index in [-0.39, 0.29) is 43.6 Å². The van der Waals surface area contributed by atoms with E-state index in [0.29, 0.717) is 26.1 Å². The highest BCUT2D eigenvalue weighted by Crippen LogP contribution is 2.19. The van der Waals surface area contributed by atoms with Crippen molar-refractivity contribution in [3.05, 3.63) is 35.8 Å². The summed E-state index contributed by atoms with van der Waals surface area (Å²) < 4.78 is 37.8. The van der Waals surface area contributed by atoms with Crippen molar-refractivity contribution in [3.8, 4) is 0 Å². The van der Waals surface area contributed by atoms with E-state index in [4.69, 9.17) is 0 Å². The number of sulfonamides is 1. The highest BCUT2D eigenvalue weighted by atomic mass is 32.2. The average molecular weight is 424 g/mol. The summed E-state index contributed by atoms with van der Waals surface area (Å²) in [7, 11) is -3.24. The molecule has 8 nitrogen and oxygen atoms in total. The van der Waals surface area contributed by atoms with Gasteiger partial charge in [0.2, 0.25) is 21.8 Å². The third-order valence-electron chi connectivity index (χ3n) is 5.07. The predicted molar refractivity (Wildman–Crippen MR) is 107 cm³/mol. The minimum atomic E-state index is -3.24. The largest absolute Gasteiger partial charge is 0.361 e. The van der Waals surface area contributed by atoms with Gasteiger partial charge in [0.1, 0.15) is 5.82 Å². The van der Waals surface area contributed by atoms with Crippen molar-refractivity contribution in [1.82, 2.24) is 19.5 Å². The molecule has 10 heteroatoms. The normalized spacial score (nSPS) is 15.6. The fraction of sp³-hybridized carbons (Fsp3) is 0.474. The van der Waals surface area contributed by atoms with Crippen molar-refractivity contribution in [2.24, 2.45) is 0 Å². The first kappa shape index (κ1) is 21.3. The zero-order valence-corrected chi connectivity index (χ0v) is 17.1. The summed E-state index contributed by atoms with van der Waals surface area (Å²) >= 11 is 0. The second-order valence-corrected chi connectivity index (χ2v) is 9.13. The van der Waals surface area contributed by atoms with Gasteiger partial charge >= 0.3 is 0 Å². The Morgan fingerprint density at radius 2 is 1.90 bits per heavy atom. The van der Waals surface area contributed by atoms with Crippen LogP contribution < -0.4 is 5.32 Å². The summed E-state index contributed by atoms with van der Waals surface area (Å²) in [6.45, 7) is 1.63. The lowest BCUT2D eigenvalue weighted by Crippen LogP contribution is -2.50. The topological polar surface area (TPSA) is 103 Å². The first-order chi connectivity index (χ1) is 13.7. The molecule has 1 aliphatic rings. The van der Waals surface area contributed by atoms with Gasteiger partial charge in [-0.3, -0.25) is 9.59 Å². The van der Waals surface area contributed by atoms with E-state index >= 15 is 0 Å². The molecule has 29 heavy (non-hydrogen) atoms. The number of hydrogen-bond donors (Lipinski definition) is 2. The van der Waals surface area contributed by atoms with E-state index < -0.39 is 10.0 Å². The molecule has 3 rings (SSSR count). The minimum Gasteiger partial charge on any atom is -0.361 e. The molecule has 0 atom stereocenters. The number of H-pyrrole nitrogens is 1. The fourth-order valence-electron chi connectivity index (χ4n) is 3.43. The van der Waals surface area contributed by atoms with Gasteiger partial charge in [-0.1, -0.05) is 0 Å². The molecule has 2 aromatic rings. The van der Waals surface area contributed by atoms with Crippen LogP contribution in [0.2, 0.25) is 0 Å². The van der Waals surface area contributed by atoms with Crippen LogP contribution in [0.5, 0.6) is 0 Å². The van der Waals surface area contributed by atoms with Crippen LogP contribution in [-0.2, 0) is 26.0 Å². The number of benzene rings is 1. The molecule has 0 spiro atoms. The maximum Gasteiger partial charge on any atom is 0.223 e. The number of fused-ring (bicyclic) bond motifs is 1. The van der Waals surface area contributed by atoms with Gasteiger partial charge in [-0.05, 0) is 30.2 Å². The van der Waals surface area contributed by atoms with Crippen LogP contribution >= 0.6 is 0 Å².